The monoisotopic (exact) mass is 204 g/mol. The molecule has 0 saturated heterocycles. The van der Waals surface area contributed by atoms with E-state index >= 15 is 0 Å². The molecule has 1 atom stereocenters. The lowest BCUT2D eigenvalue weighted by Crippen LogP contribution is -2.16. The number of halogens is 2. The summed E-state index contributed by atoms with van der Waals surface area (Å²) in [5.74, 6) is -4.87. The Morgan fingerprint density at radius 3 is 2.57 bits per heavy atom. The van der Waals surface area contributed by atoms with Gasteiger partial charge in [0.2, 0.25) is 0 Å². The molecule has 1 aliphatic carbocycles. The number of rotatable bonds is 1. The molecule has 1 N–H and O–H groups in total. The van der Waals surface area contributed by atoms with Crippen LogP contribution in [-0.4, -0.2) is 18.2 Å². The predicted molar refractivity (Wildman–Crippen MR) is 44.7 cm³/mol. The lowest BCUT2D eigenvalue weighted by atomic mass is 9.93. The first-order valence-corrected chi connectivity index (χ1v) is 4.05. The van der Waals surface area contributed by atoms with Crippen LogP contribution >= 0.6 is 0 Å². The first-order valence-electron chi connectivity index (χ1n) is 4.05. The second-order valence-corrected chi connectivity index (χ2v) is 3.09. The number of allylic oxidation sites excluding steroid dienone is 3. The smallest absolute Gasteiger partial charge is 0.336 e. The molecule has 0 amide bonds. The number of ether oxygens (including phenoxy) is 1. The van der Waals surface area contributed by atoms with E-state index in [2.05, 4.69) is 4.74 Å². The third kappa shape index (κ3) is 1.62. The number of hydrogen-bond donors (Lipinski definition) is 1. The van der Waals surface area contributed by atoms with Gasteiger partial charge in [-0.05, 0) is 6.42 Å². The summed E-state index contributed by atoms with van der Waals surface area (Å²) in [5.41, 5.74) is -0.365. The summed E-state index contributed by atoms with van der Waals surface area (Å²) in [7, 11) is 1.09. The summed E-state index contributed by atoms with van der Waals surface area (Å²) in [5, 5.41) is 9.07. The Morgan fingerprint density at radius 1 is 1.50 bits per heavy atom. The van der Waals surface area contributed by atoms with Crippen molar-refractivity contribution in [1.82, 2.24) is 0 Å². The minimum absolute atomic E-state index is 0.0578. The van der Waals surface area contributed by atoms with Gasteiger partial charge in [0.1, 0.15) is 5.76 Å². The van der Waals surface area contributed by atoms with Crippen LogP contribution in [0.4, 0.5) is 8.78 Å². The molecule has 0 fully saturated rings. The van der Waals surface area contributed by atoms with Gasteiger partial charge in [0, 0.05) is 5.92 Å². The fraction of sp³-hybridized carbons (Fsp3) is 0.444. The highest BCUT2D eigenvalue weighted by Gasteiger charge is 2.31. The molecule has 0 saturated carbocycles. The number of hydrogen-bond acceptors (Lipinski definition) is 3. The molecule has 3 nitrogen and oxygen atoms in total. The first-order chi connectivity index (χ1) is 6.49. The maximum absolute atomic E-state index is 13.1. The molecule has 0 aromatic rings. The Bertz CT molecular complexity index is 331. The van der Waals surface area contributed by atoms with Gasteiger partial charge in [0.15, 0.2) is 11.7 Å². The zero-order valence-corrected chi connectivity index (χ0v) is 7.80. The molecular weight excluding hydrogens is 194 g/mol. The second kappa shape index (κ2) is 3.77. The number of aliphatic hydroxyl groups excluding tert-OH is 1. The molecule has 78 valence electrons. The van der Waals surface area contributed by atoms with Gasteiger partial charge < -0.3 is 9.84 Å². The van der Waals surface area contributed by atoms with Gasteiger partial charge in [-0.25, -0.2) is 9.18 Å². The SMILES string of the molecule is COC(=O)C1=C(F)C(F)=C(O)C(C)C1. The predicted octanol–water partition coefficient (Wildman–Crippen LogP) is 2.16. The molecule has 1 unspecified atom stereocenters. The number of aliphatic hydroxyl groups is 1. The van der Waals surface area contributed by atoms with Crippen molar-refractivity contribution < 1.29 is 23.4 Å². The minimum atomic E-state index is -1.37. The molecule has 1 rings (SSSR count). The fourth-order valence-corrected chi connectivity index (χ4v) is 1.25. The Balaban J connectivity index is 3.13. The molecule has 0 radical (unpaired) electrons. The van der Waals surface area contributed by atoms with E-state index in [-0.39, 0.29) is 12.0 Å². The van der Waals surface area contributed by atoms with Gasteiger partial charge >= 0.3 is 5.97 Å². The molecule has 0 aliphatic heterocycles. The van der Waals surface area contributed by atoms with Crippen LogP contribution < -0.4 is 0 Å². The van der Waals surface area contributed by atoms with E-state index in [0.717, 1.165) is 7.11 Å². The van der Waals surface area contributed by atoms with Crippen LogP contribution in [0.2, 0.25) is 0 Å². The number of esters is 1. The molecule has 0 bridgehead atoms. The van der Waals surface area contributed by atoms with Crippen LogP contribution in [0.3, 0.4) is 0 Å². The number of carbonyl (C=O) groups excluding carboxylic acids is 1. The van der Waals surface area contributed by atoms with Crippen molar-refractivity contribution in [3.05, 3.63) is 23.0 Å². The van der Waals surface area contributed by atoms with E-state index in [4.69, 9.17) is 5.11 Å². The second-order valence-electron chi connectivity index (χ2n) is 3.09. The Kier molecular flexibility index (Phi) is 2.88. The van der Waals surface area contributed by atoms with Gasteiger partial charge in [-0.15, -0.1) is 0 Å². The number of methoxy groups -OCH3 is 1. The van der Waals surface area contributed by atoms with Crippen LogP contribution in [0.15, 0.2) is 23.0 Å². The van der Waals surface area contributed by atoms with Crippen LogP contribution in [0.5, 0.6) is 0 Å². The van der Waals surface area contributed by atoms with Crippen LogP contribution in [0.25, 0.3) is 0 Å². The number of carbonyl (C=O) groups is 1. The summed E-state index contributed by atoms with van der Waals surface area (Å²) in [6, 6.07) is 0. The first kappa shape index (κ1) is 10.7. The topological polar surface area (TPSA) is 46.5 Å². The van der Waals surface area contributed by atoms with Gasteiger partial charge in [0.05, 0.1) is 12.7 Å². The van der Waals surface area contributed by atoms with Crippen LogP contribution in [-0.2, 0) is 9.53 Å². The van der Waals surface area contributed by atoms with Gasteiger partial charge in [-0.1, -0.05) is 6.92 Å². The Morgan fingerprint density at radius 2 is 2.07 bits per heavy atom. The highest BCUT2D eigenvalue weighted by molar-refractivity contribution is 5.90. The van der Waals surface area contributed by atoms with Crippen LogP contribution in [0.1, 0.15) is 13.3 Å². The standard InChI is InChI=1S/C9H10F2O3/c1-4-3-5(9(13)14-2)6(10)7(11)8(4)12/h4,12H,3H2,1-2H3. The molecule has 1 aliphatic rings. The van der Waals surface area contributed by atoms with E-state index in [1.54, 1.807) is 0 Å². The molecule has 0 aromatic heterocycles. The normalized spacial score (nSPS) is 22.7. The van der Waals surface area contributed by atoms with Crippen molar-refractivity contribution in [2.45, 2.75) is 13.3 Å². The van der Waals surface area contributed by atoms with E-state index in [1.807, 2.05) is 0 Å². The highest BCUT2D eigenvalue weighted by atomic mass is 19.2. The van der Waals surface area contributed by atoms with Gasteiger partial charge in [-0.3, -0.25) is 0 Å². The molecule has 5 heteroatoms. The zero-order valence-electron chi connectivity index (χ0n) is 7.80. The molecule has 0 aromatic carbocycles. The summed E-state index contributed by atoms with van der Waals surface area (Å²) in [6.07, 6.45) is -0.0578. The highest BCUT2D eigenvalue weighted by Crippen LogP contribution is 2.34. The van der Waals surface area contributed by atoms with E-state index in [0.29, 0.717) is 0 Å². The Labute approximate surface area is 79.7 Å². The van der Waals surface area contributed by atoms with Crippen molar-refractivity contribution in [2.24, 2.45) is 5.92 Å². The largest absolute Gasteiger partial charge is 0.509 e. The van der Waals surface area contributed by atoms with Crippen molar-refractivity contribution in [3.63, 3.8) is 0 Å². The lowest BCUT2D eigenvalue weighted by Gasteiger charge is -2.18. The van der Waals surface area contributed by atoms with Gasteiger partial charge in [0.25, 0.3) is 0 Å². The minimum Gasteiger partial charge on any atom is -0.509 e. The third-order valence-electron chi connectivity index (χ3n) is 2.09. The summed E-state index contributed by atoms with van der Waals surface area (Å²) in [6.45, 7) is 1.49. The van der Waals surface area contributed by atoms with Crippen molar-refractivity contribution in [3.8, 4) is 0 Å². The zero-order chi connectivity index (χ0) is 10.9. The molecule has 14 heavy (non-hydrogen) atoms. The summed E-state index contributed by atoms with van der Waals surface area (Å²) in [4.78, 5) is 11.0. The van der Waals surface area contributed by atoms with Gasteiger partial charge in [-0.2, -0.15) is 4.39 Å². The maximum Gasteiger partial charge on any atom is 0.336 e. The molecule has 0 spiro atoms. The van der Waals surface area contributed by atoms with E-state index < -0.39 is 29.3 Å². The maximum atomic E-state index is 13.1. The van der Waals surface area contributed by atoms with E-state index in [1.165, 1.54) is 6.92 Å². The quantitative estimate of drug-likeness (QED) is 0.666. The Hall–Kier alpha value is -1.39. The van der Waals surface area contributed by atoms with Crippen molar-refractivity contribution in [2.75, 3.05) is 7.11 Å². The van der Waals surface area contributed by atoms with Crippen molar-refractivity contribution >= 4 is 5.97 Å². The molecular formula is C9H10F2O3. The van der Waals surface area contributed by atoms with Crippen LogP contribution in [0, 0.1) is 5.92 Å². The van der Waals surface area contributed by atoms with Crippen molar-refractivity contribution in [1.29, 1.82) is 0 Å². The average Bonchev–Trinajstić information content (AvgIpc) is 2.19. The average molecular weight is 204 g/mol. The molecule has 0 heterocycles. The third-order valence-corrected chi connectivity index (χ3v) is 2.09. The van der Waals surface area contributed by atoms with E-state index in [9.17, 15) is 13.6 Å². The summed E-state index contributed by atoms with van der Waals surface area (Å²) >= 11 is 0. The fourth-order valence-electron chi connectivity index (χ4n) is 1.25. The summed E-state index contributed by atoms with van der Waals surface area (Å²) < 4.78 is 30.3. The lowest BCUT2D eigenvalue weighted by molar-refractivity contribution is -0.136.